The molecule has 0 spiro atoms. The average molecular weight is 468 g/mol. The van der Waals surface area contributed by atoms with Crippen molar-refractivity contribution >= 4 is 40.7 Å². The molecule has 1 aliphatic rings. The minimum Gasteiger partial charge on any atom is -0.493 e. The molecule has 0 aliphatic heterocycles. The largest absolute Gasteiger partial charge is 0.493 e. The predicted molar refractivity (Wildman–Crippen MR) is 116 cm³/mol. The van der Waals surface area contributed by atoms with Gasteiger partial charge in [-0.05, 0) is 43.0 Å². The van der Waals surface area contributed by atoms with Gasteiger partial charge in [-0.25, -0.2) is 20.8 Å². The van der Waals surface area contributed by atoms with Gasteiger partial charge in [0.25, 0.3) is 19.1 Å². The van der Waals surface area contributed by atoms with Crippen molar-refractivity contribution in [2.45, 2.75) is 41.9 Å². The lowest BCUT2D eigenvalue weighted by Gasteiger charge is -2.21. The third-order valence-corrected chi connectivity index (χ3v) is 8.52. The summed E-state index contributed by atoms with van der Waals surface area (Å²) in [5, 5.41) is 0.231. The second-order valence-corrected chi connectivity index (χ2v) is 11.9. The molecule has 1 aliphatic carbocycles. The lowest BCUT2D eigenvalue weighted by atomic mass is 9.90. The SMILES string of the molecule is O=S(=O)(Cl)c1cn(S(=O)(=O)c2ccccc2)c2cc(OCC3CCCCC3)ccc12. The predicted octanol–water partition coefficient (Wildman–Crippen LogP) is 4.76. The van der Waals surface area contributed by atoms with Crippen LogP contribution in [0.1, 0.15) is 32.1 Å². The van der Waals surface area contributed by atoms with E-state index in [9.17, 15) is 16.8 Å². The first kappa shape index (κ1) is 21.2. The van der Waals surface area contributed by atoms with Crippen LogP contribution < -0.4 is 4.74 Å². The van der Waals surface area contributed by atoms with Crippen LogP contribution in [0, 0.1) is 5.92 Å². The minimum atomic E-state index is -4.15. The lowest BCUT2D eigenvalue weighted by molar-refractivity contribution is 0.209. The van der Waals surface area contributed by atoms with Gasteiger partial charge >= 0.3 is 0 Å². The highest BCUT2D eigenvalue weighted by Gasteiger charge is 2.26. The number of hydrogen-bond acceptors (Lipinski definition) is 5. The van der Waals surface area contributed by atoms with Crippen LogP contribution in [0.25, 0.3) is 10.9 Å². The number of fused-ring (bicyclic) bond motifs is 1. The molecule has 3 aromatic rings. The van der Waals surface area contributed by atoms with Crippen molar-refractivity contribution < 1.29 is 21.6 Å². The standard InChI is InChI=1S/C21H22ClNO5S2/c22-29(24,25)21-14-23(30(26,27)18-9-5-2-6-10-18)20-13-17(11-12-19(20)21)28-15-16-7-3-1-4-8-16/h2,5-6,9-14,16H,1,3-4,7-8,15H2. The Balaban J connectivity index is 1.78. The van der Waals surface area contributed by atoms with E-state index in [0.717, 1.165) is 23.0 Å². The maximum atomic E-state index is 13.2. The Morgan fingerprint density at radius 1 is 0.967 bits per heavy atom. The zero-order valence-corrected chi connectivity index (χ0v) is 18.6. The van der Waals surface area contributed by atoms with Crippen molar-refractivity contribution in [3.8, 4) is 5.75 Å². The van der Waals surface area contributed by atoms with E-state index in [1.54, 1.807) is 30.3 Å². The van der Waals surface area contributed by atoms with Crippen molar-refractivity contribution in [2.75, 3.05) is 6.61 Å². The monoisotopic (exact) mass is 467 g/mol. The Kier molecular flexibility index (Phi) is 5.83. The lowest BCUT2D eigenvalue weighted by Crippen LogP contribution is -2.15. The average Bonchev–Trinajstić information content (AvgIpc) is 3.14. The van der Waals surface area contributed by atoms with Crippen LogP contribution in [0.2, 0.25) is 0 Å². The van der Waals surface area contributed by atoms with Gasteiger partial charge in [0.05, 0.1) is 17.0 Å². The Hall–Kier alpha value is -2.03. The van der Waals surface area contributed by atoms with Gasteiger partial charge in [0, 0.05) is 28.3 Å². The molecule has 160 valence electrons. The van der Waals surface area contributed by atoms with Crippen molar-refractivity contribution in [1.29, 1.82) is 0 Å². The number of hydrogen-bond donors (Lipinski definition) is 0. The number of ether oxygens (including phenoxy) is 1. The number of rotatable bonds is 6. The third-order valence-electron chi connectivity index (χ3n) is 5.48. The summed E-state index contributed by atoms with van der Waals surface area (Å²) in [6.07, 6.45) is 6.94. The first-order chi connectivity index (χ1) is 14.3. The van der Waals surface area contributed by atoms with Gasteiger partial charge in [0.2, 0.25) is 0 Å². The molecule has 6 nitrogen and oxygen atoms in total. The van der Waals surface area contributed by atoms with Crippen molar-refractivity contribution in [3.63, 3.8) is 0 Å². The van der Waals surface area contributed by atoms with Crippen LogP contribution in [-0.2, 0) is 19.1 Å². The maximum Gasteiger partial charge on any atom is 0.268 e. The van der Waals surface area contributed by atoms with Crippen LogP contribution >= 0.6 is 10.7 Å². The van der Waals surface area contributed by atoms with Crippen LogP contribution in [-0.4, -0.2) is 27.4 Å². The third kappa shape index (κ3) is 4.22. The molecule has 0 N–H and O–H groups in total. The minimum absolute atomic E-state index is 0.0500. The normalized spacial score (nSPS) is 16.0. The van der Waals surface area contributed by atoms with E-state index >= 15 is 0 Å². The maximum absolute atomic E-state index is 13.2. The van der Waals surface area contributed by atoms with E-state index < -0.39 is 19.1 Å². The fraction of sp³-hybridized carbons (Fsp3) is 0.333. The Morgan fingerprint density at radius 2 is 1.67 bits per heavy atom. The quantitative estimate of drug-likeness (QED) is 0.488. The van der Waals surface area contributed by atoms with Gasteiger partial charge in [0.1, 0.15) is 10.6 Å². The molecule has 1 heterocycles. The van der Waals surface area contributed by atoms with E-state index in [4.69, 9.17) is 15.4 Å². The zero-order valence-electron chi connectivity index (χ0n) is 16.2. The summed E-state index contributed by atoms with van der Waals surface area (Å²) in [5.41, 5.74) is 0.208. The van der Waals surface area contributed by atoms with E-state index in [1.807, 2.05) is 0 Å². The molecular weight excluding hydrogens is 446 g/mol. The molecule has 0 radical (unpaired) electrons. The molecule has 0 bridgehead atoms. The summed E-state index contributed by atoms with van der Waals surface area (Å²) in [4.78, 5) is -0.202. The second kappa shape index (κ2) is 8.24. The molecule has 0 amide bonds. The molecule has 1 saturated carbocycles. The van der Waals surface area contributed by atoms with Crippen LogP contribution in [0.3, 0.4) is 0 Å². The number of halogens is 1. The first-order valence-corrected chi connectivity index (χ1v) is 13.5. The van der Waals surface area contributed by atoms with E-state index in [2.05, 4.69) is 0 Å². The van der Waals surface area contributed by atoms with Gasteiger partial charge in [-0.3, -0.25) is 0 Å². The molecule has 30 heavy (non-hydrogen) atoms. The second-order valence-electron chi connectivity index (χ2n) is 7.54. The highest BCUT2D eigenvalue weighted by atomic mass is 35.7. The van der Waals surface area contributed by atoms with Gasteiger partial charge < -0.3 is 4.74 Å². The molecule has 2 aromatic carbocycles. The Bertz CT molecular complexity index is 1260. The van der Waals surface area contributed by atoms with Crippen LogP contribution in [0.15, 0.2) is 64.5 Å². The Morgan fingerprint density at radius 3 is 2.33 bits per heavy atom. The molecule has 0 unspecified atom stereocenters. The zero-order chi connectivity index (χ0) is 21.4. The number of nitrogens with zero attached hydrogens (tertiary/aromatic N) is 1. The van der Waals surface area contributed by atoms with Crippen molar-refractivity contribution in [1.82, 2.24) is 3.97 Å². The summed E-state index contributed by atoms with van der Waals surface area (Å²) in [5.74, 6) is 0.974. The summed E-state index contributed by atoms with van der Waals surface area (Å²) in [6.45, 7) is 0.554. The molecular formula is C21H22ClNO5S2. The highest BCUT2D eigenvalue weighted by Crippen LogP contribution is 2.33. The van der Waals surface area contributed by atoms with E-state index in [1.165, 1.54) is 37.5 Å². The Labute approximate surface area is 180 Å². The van der Waals surface area contributed by atoms with Crippen LogP contribution in [0.5, 0.6) is 5.75 Å². The first-order valence-electron chi connectivity index (χ1n) is 9.80. The van der Waals surface area contributed by atoms with Gasteiger partial charge in [-0.15, -0.1) is 0 Å². The molecule has 0 saturated heterocycles. The summed E-state index contributed by atoms with van der Waals surface area (Å²) in [6, 6.07) is 12.6. The molecule has 0 atom stereocenters. The summed E-state index contributed by atoms with van der Waals surface area (Å²) >= 11 is 0. The van der Waals surface area contributed by atoms with Crippen LogP contribution in [0.4, 0.5) is 0 Å². The van der Waals surface area contributed by atoms with E-state index in [0.29, 0.717) is 18.3 Å². The molecule has 4 rings (SSSR count). The van der Waals surface area contributed by atoms with Crippen molar-refractivity contribution in [3.05, 3.63) is 54.7 Å². The fourth-order valence-corrected chi connectivity index (χ4v) is 6.39. The van der Waals surface area contributed by atoms with Crippen molar-refractivity contribution in [2.24, 2.45) is 5.92 Å². The smallest absolute Gasteiger partial charge is 0.268 e. The fourth-order valence-electron chi connectivity index (χ4n) is 3.90. The van der Waals surface area contributed by atoms with Gasteiger partial charge in [-0.1, -0.05) is 37.5 Å². The highest BCUT2D eigenvalue weighted by molar-refractivity contribution is 8.14. The summed E-state index contributed by atoms with van der Waals surface area (Å²) < 4.78 is 57.4. The van der Waals surface area contributed by atoms with Gasteiger partial charge in [0.15, 0.2) is 0 Å². The number of aromatic nitrogens is 1. The molecule has 1 aromatic heterocycles. The number of benzene rings is 2. The van der Waals surface area contributed by atoms with Gasteiger partial charge in [-0.2, -0.15) is 0 Å². The topological polar surface area (TPSA) is 82.4 Å². The molecule has 1 fully saturated rings. The summed E-state index contributed by atoms with van der Waals surface area (Å²) in [7, 11) is -2.58. The van der Waals surface area contributed by atoms with E-state index in [-0.39, 0.29) is 20.7 Å². The molecule has 9 heteroatoms.